The van der Waals surface area contributed by atoms with Gasteiger partial charge in [0.25, 0.3) is 0 Å². The van der Waals surface area contributed by atoms with Crippen LogP contribution in [-0.2, 0) is 17.6 Å². The van der Waals surface area contributed by atoms with Gasteiger partial charge >= 0.3 is 0 Å². The van der Waals surface area contributed by atoms with Crippen LogP contribution in [0.15, 0.2) is 42.5 Å². The van der Waals surface area contributed by atoms with Crippen LogP contribution >= 0.6 is 0 Å². The van der Waals surface area contributed by atoms with E-state index in [0.29, 0.717) is 5.92 Å². The molecule has 4 rings (SSSR count). The second-order valence-electron chi connectivity index (χ2n) is 6.43. The summed E-state index contributed by atoms with van der Waals surface area (Å²) in [5, 5.41) is 3.50. The Kier molecular flexibility index (Phi) is 3.73. The highest BCUT2D eigenvalue weighted by Gasteiger charge is 2.32. The van der Waals surface area contributed by atoms with Crippen LogP contribution in [0.4, 0.5) is 0 Å². The van der Waals surface area contributed by atoms with E-state index in [9.17, 15) is 0 Å². The second-order valence-corrected chi connectivity index (χ2v) is 6.43. The molecular formula is C20H23NO. The van der Waals surface area contributed by atoms with Gasteiger partial charge in [0.2, 0.25) is 0 Å². The molecule has 114 valence electrons. The van der Waals surface area contributed by atoms with Crippen molar-refractivity contribution in [3.05, 3.63) is 70.3 Å². The van der Waals surface area contributed by atoms with Gasteiger partial charge in [0.05, 0.1) is 12.7 Å². The molecule has 2 aromatic carbocycles. The maximum atomic E-state index is 6.16. The maximum absolute atomic E-state index is 6.16. The minimum Gasteiger partial charge on any atom is -0.375 e. The molecule has 2 unspecified atom stereocenters. The van der Waals surface area contributed by atoms with Crippen molar-refractivity contribution < 1.29 is 4.74 Å². The first-order valence-corrected chi connectivity index (χ1v) is 8.33. The summed E-state index contributed by atoms with van der Waals surface area (Å²) in [4.78, 5) is 0. The first kappa shape index (κ1) is 14.0. The fourth-order valence-electron chi connectivity index (χ4n) is 4.05. The zero-order chi connectivity index (χ0) is 14.9. The summed E-state index contributed by atoms with van der Waals surface area (Å²) in [6.07, 6.45) is 2.49. The lowest BCUT2D eigenvalue weighted by Crippen LogP contribution is -2.42. The number of nitrogens with one attached hydrogen (secondary N) is 1. The van der Waals surface area contributed by atoms with Crippen molar-refractivity contribution in [3.8, 4) is 0 Å². The fourth-order valence-corrected chi connectivity index (χ4v) is 4.05. The van der Waals surface area contributed by atoms with Crippen molar-refractivity contribution in [2.75, 3.05) is 19.7 Å². The van der Waals surface area contributed by atoms with E-state index in [1.807, 2.05) is 0 Å². The molecule has 1 heterocycles. The number of rotatable bonds is 1. The normalized spacial score (nSPS) is 24.2. The quantitative estimate of drug-likeness (QED) is 0.872. The first-order chi connectivity index (χ1) is 10.8. The molecule has 1 aliphatic heterocycles. The average molecular weight is 293 g/mol. The summed E-state index contributed by atoms with van der Waals surface area (Å²) >= 11 is 0. The summed E-state index contributed by atoms with van der Waals surface area (Å²) in [6, 6.07) is 15.7. The monoisotopic (exact) mass is 293 g/mol. The van der Waals surface area contributed by atoms with Gasteiger partial charge in [-0.05, 0) is 47.6 Å². The number of morpholine rings is 1. The van der Waals surface area contributed by atoms with E-state index in [-0.39, 0.29) is 6.10 Å². The SMILES string of the molecule is Cc1cccc2c1CCc1ccccc1C2C1CNCCO1. The molecule has 22 heavy (non-hydrogen) atoms. The second kappa shape index (κ2) is 5.86. The van der Waals surface area contributed by atoms with Crippen molar-refractivity contribution in [1.82, 2.24) is 5.32 Å². The number of benzene rings is 2. The summed E-state index contributed by atoms with van der Waals surface area (Å²) in [5.41, 5.74) is 7.36. The van der Waals surface area contributed by atoms with Gasteiger partial charge in [0.1, 0.15) is 0 Å². The topological polar surface area (TPSA) is 21.3 Å². The first-order valence-electron chi connectivity index (χ1n) is 8.33. The van der Waals surface area contributed by atoms with Crippen molar-refractivity contribution in [2.45, 2.75) is 31.8 Å². The Balaban J connectivity index is 1.88. The van der Waals surface area contributed by atoms with Crippen LogP contribution in [0.25, 0.3) is 0 Å². The van der Waals surface area contributed by atoms with Crippen LogP contribution in [0.2, 0.25) is 0 Å². The molecule has 0 amide bonds. The molecule has 0 bridgehead atoms. The summed E-state index contributed by atoms with van der Waals surface area (Å²) in [7, 11) is 0. The lowest BCUT2D eigenvalue weighted by Gasteiger charge is -2.33. The predicted octanol–water partition coefficient (Wildman–Crippen LogP) is 3.21. The number of fused-ring (bicyclic) bond motifs is 2. The Labute approximate surface area is 132 Å². The molecule has 2 heteroatoms. The molecule has 2 atom stereocenters. The zero-order valence-corrected chi connectivity index (χ0v) is 13.1. The molecule has 1 saturated heterocycles. The third-order valence-electron chi connectivity index (χ3n) is 5.14. The Morgan fingerprint density at radius 2 is 1.86 bits per heavy atom. The Hall–Kier alpha value is -1.64. The van der Waals surface area contributed by atoms with Crippen LogP contribution in [0.5, 0.6) is 0 Å². The highest BCUT2D eigenvalue weighted by Crippen LogP contribution is 2.38. The van der Waals surface area contributed by atoms with Crippen LogP contribution in [0, 0.1) is 6.92 Å². The fraction of sp³-hybridized carbons (Fsp3) is 0.400. The van der Waals surface area contributed by atoms with Crippen molar-refractivity contribution in [3.63, 3.8) is 0 Å². The largest absolute Gasteiger partial charge is 0.375 e. The van der Waals surface area contributed by atoms with E-state index in [1.54, 1.807) is 0 Å². The molecule has 0 saturated carbocycles. The van der Waals surface area contributed by atoms with Gasteiger partial charge in [-0.1, -0.05) is 42.5 Å². The molecular weight excluding hydrogens is 270 g/mol. The zero-order valence-electron chi connectivity index (χ0n) is 13.1. The highest BCUT2D eigenvalue weighted by atomic mass is 16.5. The molecule has 2 nitrogen and oxygen atoms in total. The van der Waals surface area contributed by atoms with E-state index >= 15 is 0 Å². The van der Waals surface area contributed by atoms with Gasteiger partial charge in [-0.15, -0.1) is 0 Å². The van der Waals surface area contributed by atoms with E-state index < -0.39 is 0 Å². The Morgan fingerprint density at radius 1 is 1.00 bits per heavy atom. The average Bonchev–Trinajstić information content (AvgIpc) is 2.73. The van der Waals surface area contributed by atoms with E-state index in [1.165, 1.54) is 27.8 Å². The molecule has 0 radical (unpaired) electrons. The van der Waals surface area contributed by atoms with Gasteiger partial charge in [0, 0.05) is 19.0 Å². The van der Waals surface area contributed by atoms with Crippen molar-refractivity contribution in [2.24, 2.45) is 0 Å². The van der Waals surface area contributed by atoms with E-state index in [0.717, 1.165) is 32.5 Å². The standard InChI is InChI=1S/C20H23NO/c1-14-5-4-8-18-16(14)10-9-15-6-2-3-7-17(15)20(18)19-13-21-11-12-22-19/h2-8,19-21H,9-13H2,1H3. The number of hydrogen-bond acceptors (Lipinski definition) is 2. The van der Waals surface area contributed by atoms with Crippen LogP contribution < -0.4 is 5.32 Å². The Bertz CT molecular complexity index is 673. The lowest BCUT2D eigenvalue weighted by atomic mass is 9.82. The van der Waals surface area contributed by atoms with E-state index in [4.69, 9.17) is 4.74 Å². The van der Waals surface area contributed by atoms with Gasteiger partial charge in [-0.3, -0.25) is 0 Å². The van der Waals surface area contributed by atoms with E-state index in [2.05, 4.69) is 54.7 Å². The molecule has 2 aliphatic rings. The van der Waals surface area contributed by atoms with Gasteiger partial charge < -0.3 is 10.1 Å². The van der Waals surface area contributed by atoms with Crippen LogP contribution in [-0.4, -0.2) is 25.8 Å². The smallest absolute Gasteiger partial charge is 0.0809 e. The van der Waals surface area contributed by atoms with Gasteiger partial charge in [0.15, 0.2) is 0 Å². The maximum Gasteiger partial charge on any atom is 0.0809 e. The summed E-state index contributed by atoms with van der Waals surface area (Å²) in [6.45, 7) is 4.95. The van der Waals surface area contributed by atoms with Gasteiger partial charge in [-0.25, -0.2) is 0 Å². The highest BCUT2D eigenvalue weighted by molar-refractivity contribution is 5.48. The molecule has 1 aliphatic carbocycles. The number of ether oxygens (including phenoxy) is 1. The molecule has 1 fully saturated rings. The predicted molar refractivity (Wildman–Crippen MR) is 89.5 cm³/mol. The lowest BCUT2D eigenvalue weighted by molar-refractivity contribution is 0.0186. The molecule has 1 N–H and O–H groups in total. The minimum absolute atomic E-state index is 0.230. The molecule has 0 spiro atoms. The van der Waals surface area contributed by atoms with Crippen LogP contribution in [0.1, 0.15) is 33.7 Å². The number of hydrogen-bond donors (Lipinski definition) is 1. The third-order valence-corrected chi connectivity index (χ3v) is 5.14. The molecule has 0 aromatic heterocycles. The van der Waals surface area contributed by atoms with Gasteiger partial charge in [-0.2, -0.15) is 0 Å². The molecule has 2 aromatic rings. The minimum atomic E-state index is 0.230. The van der Waals surface area contributed by atoms with Crippen molar-refractivity contribution in [1.29, 1.82) is 0 Å². The third kappa shape index (κ3) is 2.37. The van der Waals surface area contributed by atoms with Crippen LogP contribution in [0.3, 0.4) is 0 Å². The Morgan fingerprint density at radius 3 is 2.73 bits per heavy atom. The number of aryl methyl sites for hydroxylation is 2. The summed E-state index contributed by atoms with van der Waals surface area (Å²) < 4.78 is 6.16. The summed E-state index contributed by atoms with van der Waals surface area (Å²) in [5.74, 6) is 0.349. The van der Waals surface area contributed by atoms with Crippen molar-refractivity contribution >= 4 is 0 Å².